The van der Waals surface area contributed by atoms with Crippen LogP contribution in [0.3, 0.4) is 0 Å². The van der Waals surface area contributed by atoms with Crippen molar-refractivity contribution in [2.75, 3.05) is 11.9 Å². The molecule has 0 aliphatic carbocycles. The predicted molar refractivity (Wildman–Crippen MR) is 79.3 cm³/mol. The van der Waals surface area contributed by atoms with Crippen molar-refractivity contribution in [2.45, 2.75) is 19.9 Å². The number of nitrogens with one attached hydrogen (secondary N) is 1. The van der Waals surface area contributed by atoms with Crippen molar-refractivity contribution in [3.8, 4) is 17.2 Å². The van der Waals surface area contributed by atoms with Gasteiger partial charge in [0.15, 0.2) is 0 Å². The van der Waals surface area contributed by atoms with E-state index in [1.54, 1.807) is 12.1 Å². The number of rotatable bonds is 6. The molecule has 3 N–H and O–H groups in total. The molecule has 0 saturated carbocycles. The highest BCUT2D eigenvalue weighted by Crippen LogP contribution is 2.24. The first kappa shape index (κ1) is 14.1. The first-order valence-corrected chi connectivity index (χ1v) is 6.66. The molecule has 106 valence electrons. The van der Waals surface area contributed by atoms with Crippen LogP contribution in [0.25, 0.3) is 0 Å². The summed E-state index contributed by atoms with van der Waals surface area (Å²) in [5.41, 5.74) is 1.68. The number of benzene rings is 2. The molecule has 2 aromatic carbocycles. The lowest BCUT2D eigenvalue weighted by atomic mass is 10.2. The first-order chi connectivity index (χ1) is 9.69. The van der Waals surface area contributed by atoms with Gasteiger partial charge in [0, 0.05) is 23.9 Å². The predicted octanol–water partition coefficient (Wildman–Crippen LogP) is 3.50. The van der Waals surface area contributed by atoms with E-state index in [0.717, 1.165) is 23.4 Å². The molecule has 0 aliphatic rings. The second kappa shape index (κ2) is 6.70. The Bertz CT molecular complexity index is 552. The van der Waals surface area contributed by atoms with E-state index in [1.165, 1.54) is 6.07 Å². The third-order valence-corrected chi connectivity index (χ3v) is 2.88. The Balaban J connectivity index is 1.93. The second-order valence-corrected chi connectivity index (χ2v) is 4.54. The van der Waals surface area contributed by atoms with Crippen LogP contribution in [0.1, 0.15) is 18.9 Å². The zero-order valence-corrected chi connectivity index (χ0v) is 11.5. The fraction of sp³-hybridized carbons (Fsp3) is 0.250. The average Bonchev–Trinajstić information content (AvgIpc) is 2.45. The van der Waals surface area contributed by atoms with Crippen LogP contribution in [0.5, 0.6) is 17.2 Å². The monoisotopic (exact) mass is 273 g/mol. The quantitative estimate of drug-likeness (QED) is 0.754. The third-order valence-electron chi connectivity index (χ3n) is 2.88. The lowest BCUT2D eigenvalue weighted by Crippen LogP contribution is -2.00. The van der Waals surface area contributed by atoms with E-state index < -0.39 is 0 Å². The van der Waals surface area contributed by atoms with Crippen LogP contribution < -0.4 is 10.1 Å². The fourth-order valence-corrected chi connectivity index (χ4v) is 1.79. The summed E-state index contributed by atoms with van der Waals surface area (Å²) in [4.78, 5) is 0. The van der Waals surface area contributed by atoms with E-state index in [2.05, 4.69) is 12.2 Å². The van der Waals surface area contributed by atoms with Crippen molar-refractivity contribution in [2.24, 2.45) is 0 Å². The summed E-state index contributed by atoms with van der Waals surface area (Å²) in [6, 6.07) is 12.3. The van der Waals surface area contributed by atoms with Crippen molar-refractivity contribution in [3.63, 3.8) is 0 Å². The molecule has 0 unspecified atom stereocenters. The molecule has 4 heteroatoms. The normalized spacial score (nSPS) is 10.2. The maximum Gasteiger partial charge on any atom is 0.124 e. The lowest BCUT2D eigenvalue weighted by Gasteiger charge is -2.10. The van der Waals surface area contributed by atoms with Crippen LogP contribution in [-0.2, 0) is 6.54 Å². The second-order valence-electron chi connectivity index (χ2n) is 4.54. The number of hydrogen-bond donors (Lipinski definition) is 3. The lowest BCUT2D eigenvalue weighted by molar-refractivity contribution is 0.317. The summed E-state index contributed by atoms with van der Waals surface area (Å²) < 4.78 is 5.51. The van der Waals surface area contributed by atoms with Crippen LogP contribution in [0, 0.1) is 0 Å². The minimum atomic E-state index is 0.0590. The van der Waals surface area contributed by atoms with Gasteiger partial charge in [-0.05, 0) is 42.8 Å². The topological polar surface area (TPSA) is 61.7 Å². The average molecular weight is 273 g/mol. The largest absolute Gasteiger partial charge is 0.508 e. The number of ether oxygens (including phenoxy) is 1. The van der Waals surface area contributed by atoms with E-state index >= 15 is 0 Å². The molecular weight excluding hydrogens is 254 g/mol. The Morgan fingerprint density at radius 2 is 1.80 bits per heavy atom. The van der Waals surface area contributed by atoms with Crippen LogP contribution >= 0.6 is 0 Å². The molecular formula is C16H19NO3. The summed E-state index contributed by atoms with van der Waals surface area (Å²) in [5.74, 6) is 0.994. The van der Waals surface area contributed by atoms with Crippen LogP contribution in [0.4, 0.5) is 5.69 Å². The van der Waals surface area contributed by atoms with Crippen molar-refractivity contribution < 1.29 is 14.9 Å². The molecule has 4 nitrogen and oxygen atoms in total. The number of phenolic OH excluding ortho intramolecular Hbond substituents is 2. The minimum Gasteiger partial charge on any atom is -0.508 e. The van der Waals surface area contributed by atoms with Gasteiger partial charge < -0.3 is 20.3 Å². The summed E-state index contributed by atoms with van der Waals surface area (Å²) in [7, 11) is 0. The Morgan fingerprint density at radius 1 is 1.05 bits per heavy atom. The van der Waals surface area contributed by atoms with E-state index in [1.807, 2.05) is 24.3 Å². The molecule has 0 heterocycles. The van der Waals surface area contributed by atoms with Gasteiger partial charge in [-0.25, -0.2) is 0 Å². The van der Waals surface area contributed by atoms with Gasteiger partial charge in [0.05, 0.1) is 6.61 Å². The molecule has 0 radical (unpaired) electrons. The summed E-state index contributed by atoms with van der Waals surface area (Å²) >= 11 is 0. The summed E-state index contributed by atoms with van der Waals surface area (Å²) in [5, 5.41) is 22.1. The number of hydrogen-bond acceptors (Lipinski definition) is 4. The molecule has 2 aromatic rings. The SMILES string of the molecule is CCCOc1ccc(NCc2ccc(O)cc2O)cc1. The van der Waals surface area contributed by atoms with Crippen molar-refractivity contribution in [1.29, 1.82) is 0 Å². The van der Waals surface area contributed by atoms with Gasteiger partial charge in [0.25, 0.3) is 0 Å². The van der Waals surface area contributed by atoms with Gasteiger partial charge in [-0.2, -0.15) is 0 Å². The summed E-state index contributed by atoms with van der Waals surface area (Å²) in [6.07, 6.45) is 0.986. The van der Waals surface area contributed by atoms with E-state index in [-0.39, 0.29) is 11.5 Å². The van der Waals surface area contributed by atoms with E-state index in [9.17, 15) is 10.2 Å². The standard InChI is InChI=1S/C16H19NO3/c1-2-9-20-15-7-4-13(5-8-15)17-11-12-3-6-14(18)10-16(12)19/h3-8,10,17-19H,2,9,11H2,1H3. The molecule has 0 aromatic heterocycles. The molecule has 0 aliphatic heterocycles. The zero-order valence-electron chi connectivity index (χ0n) is 11.5. The molecule has 0 spiro atoms. The minimum absolute atomic E-state index is 0.0590. The highest BCUT2D eigenvalue weighted by atomic mass is 16.5. The Kier molecular flexibility index (Phi) is 4.71. The molecule has 0 saturated heterocycles. The van der Waals surface area contributed by atoms with Crippen LogP contribution in [0.15, 0.2) is 42.5 Å². The van der Waals surface area contributed by atoms with Crippen molar-refractivity contribution in [3.05, 3.63) is 48.0 Å². The first-order valence-electron chi connectivity index (χ1n) is 6.66. The number of phenols is 2. The molecule has 0 fully saturated rings. The number of anilines is 1. The van der Waals surface area contributed by atoms with E-state index in [4.69, 9.17) is 4.74 Å². The Labute approximate surface area is 118 Å². The Hall–Kier alpha value is -2.36. The highest BCUT2D eigenvalue weighted by molar-refractivity contribution is 5.48. The van der Waals surface area contributed by atoms with Gasteiger partial charge in [-0.15, -0.1) is 0 Å². The number of aromatic hydroxyl groups is 2. The van der Waals surface area contributed by atoms with Crippen LogP contribution in [-0.4, -0.2) is 16.8 Å². The third kappa shape index (κ3) is 3.82. The van der Waals surface area contributed by atoms with Gasteiger partial charge in [0.1, 0.15) is 17.2 Å². The van der Waals surface area contributed by atoms with Gasteiger partial charge in [-0.1, -0.05) is 6.92 Å². The maximum absolute atomic E-state index is 9.69. The van der Waals surface area contributed by atoms with Crippen LogP contribution in [0.2, 0.25) is 0 Å². The smallest absolute Gasteiger partial charge is 0.124 e. The molecule has 20 heavy (non-hydrogen) atoms. The molecule has 0 bridgehead atoms. The molecule has 2 rings (SSSR count). The fourth-order valence-electron chi connectivity index (χ4n) is 1.79. The molecule has 0 amide bonds. The zero-order chi connectivity index (χ0) is 14.4. The van der Waals surface area contributed by atoms with Gasteiger partial charge in [-0.3, -0.25) is 0 Å². The summed E-state index contributed by atoms with van der Waals surface area (Å²) in [6.45, 7) is 3.27. The van der Waals surface area contributed by atoms with Gasteiger partial charge in [0.2, 0.25) is 0 Å². The molecule has 0 atom stereocenters. The maximum atomic E-state index is 9.69. The van der Waals surface area contributed by atoms with Crippen molar-refractivity contribution >= 4 is 5.69 Å². The van der Waals surface area contributed by atoms with Gasteiger partial charge >= 0.3 is 0 Å². The Morgan fingerprint density at radius 3 is 2.45 bits per heavy atom. The van der Waals surface area contributed by atoms with E-state index in [0.29, 0.717) is 13.2 Å². The highest BCUT2D eigenvalue weighted by Gasteiger charge is 2.02. The van der Waals surface area contributed by atoms with Crippen molar-refractivity contribution in [1.82, 2.24) is 0 Å².